The number of nitrogens with zero attached hydrogens (tertiary/aromatic N) is 1. The zero-order chi connectivity index (χ0) is 15.5. The summed E-state index contributed by atoms with van der Waals surface area (Å²) >= 11 is 0. The van der Waals surface area contributed by atoms with Crippen molar-refractivity contribution in [2.24, 2.45) is 0 Å². The zero-order valence-electron chi connectivity index (χ0n) is 12.4. The minimum atomic E-state index is -0.239. The molecule has 20 heavy (non-hydrogen) atoms. The Morgan fingerprint density at radius 2 is 2.00 bits per heavy atom. The molecule has 0 aromatic heterocycles. The highest BCUT2D eigenvalue weighted by Crippen LogP contribution is 2.02. The Labute approximate surface area is 121 Å². The van der Waals surface area contributed by atoms with Crippen molar-refractivity contribution in [1.29, 1.82) is 5.41 Å². The molecule has 0 bridgehead atoms. The fourth-order valence-corrected chi connectivity index (χ4v) is 1.26. The maximum absolute atomic E-state index is 11.9. The van der Waals surface area contributed by atoms with Crippen molar-refractivity contribution in [1.82, 2.24) is 10.2 Å². The summed E-state index contributed by atoms with van der Waals surface area (Å²) in [4.78, 5) is 13.5. The van der Waals surface area contributed by atoms with Gasteiger partial charge in [-0.15, -0.1) is 0 Å². The third kappa shape index (κ3) is 7.16. The Morgan fingerprint density at radius 3 is 2.55 bits per heavy atom. The Hall–Kier alpha value is -2.36. The number of nitrogens with one attached hydrogen (secondary N) is 2. The Morgan fingerprint density at radius 1 is 1.35 bits per heavy atom. The molecule has 0 aromatic carbocycles. The van der Waals surface area contributed by atoms with Crippen LogP contribution in [-0.4, -0.2) is 30.6 Å². The van der Waals surface area contributed by atoms with Crippen LogP contribution in [0.2, 0.25) is 0 Å². The quantitative estimate of drug-likeness (QED) is 0.406. The molecule has 0 saturated carbocycles. The molecule has 0 aliphatic heterocycles. The van der Waals surface area contributed by atoms with Crippen LogP contribution in [0.3, 0.4) is 0 Å². The first-order valence-electron chi connectivity index (χ1n) is 6.28. The summed E-state index contributed by atoms with van der Waals surface area (Å²) in [6, 6.07) is 0. The van der Waals surface area contributed by atoms with Gasteiger partial charge in [-0.3, -0.25) is 4.79 Å². The van der Waals surface area contributed by atoms with Crippen LogP contribution < -0.4 is 5.32 Å². The van der Waals surface area contributed by atoms with Crippen molar-refractivity contribution in [3.63, 3.8) is 0 Å². The molecule has 0 aromatic rings. The van der Waals surface area contributed by atoms with Gasteiger partial charge in [-0.05, 0) is 37.1 Å². The number of rotatable bonds is 8. The molecule has 0 aliphatic carbocycles. The van der Waals surface area contributed by atoms with E-state index in [1.54, 1.807) is 24.2 Å². The van der Waals surface area contributed by atoms with Crippen LogP contribution in [0.4, 0.5) is 0 Å². The zero-order valence-corrected chi connectivity index (χ0v) is 12.4. The van der Waals surface area contributed by atoms with E-state index < -0.39 is 0 Å². The van der Waals surface area contributed by atoms with Crippen molar-refractivity contribution >= 4 is 12.1 Å². The molecule has 0 spiro atoms. The third-order valence-corrected chi connectivity index (χ3v) is 2.47. The van der Waals surface area contributed by atoms with E-state index in [1.807, 2.05) is 32.1 Å². The van der Waals surface area contributed by atoms with Crippen LogP contribution in [0.1, 0.15) is 13.8 Å². The molecule has 4 nitrogen and oxygen atoms in total. The lowest BCUT2D eigenvalue weighted by Crippen LogP contribution is -2.31. The maximum atomic E-state index is 11.9. The largest absolute Gasteiger partial charge is 0.347 e. The lowest BCUT2D eigenvalue weighted by atomic mass is 10.2. The van der Waals surface area contributed by atoms with E-state index in [1.165, 1.54) is 6.21 Å². The van der Waals surface area contributed by atoms with Gasteiger partial charge in [0.2, 0.25) is 0 Å². The van der Waals surface area contributed by atoms with Gasteiger partial charge in [-0.25, -0.2) is 0 Å². The van der Waals surface area contributed by atoms with Gasteiger partial charge in [-0.2, -0.15) is 0 Å². The second-order valence-electron chi connectivity index (χ2n) is 4.29. The van der Waals surface area contributed by atoms with Crippen LogP contribution >= 0.6 is 0 Å². The molecule has 0 atom stereocenters. The molecule has 0 aliphatic rings. The summed E-state index contributed by atoms with van der Waals surface area (Å²) < 4.78 is 0. The second-order valence-corrected chi connectivity index (χ2v) is 4.29. The topological polar surface area (TPSA) is 56.2 Å². The van der Waals surface area contributed by atoms with Crippen LogP contribution in [0.5, 0.6) is 0 Å². The molecule has 1 amide bonds. The molecule has 108 valence electrons. The number of likely N-dealkylation sites (N-methyl/N-ethyl adjacent to an activating group) is 1. The molecule has 0 rings (SSSR count). The summed E-state index contributed by atoms with van der Waals surface area (Å²) in [6.07, 6.45) is 10.1. The molecule has 2 N–H and O–H groups in total. The van der Waals surface area contributed by atoms with Crippen molar-refractivity contribution in [2.45, 2.75) is 13.8 Å². The molecule has 0 unspecified atom stereocenters. The van der Waals surface area contributed by atoms with Crippen LogP contribution in [0, 0.1) is 5.41 Å². The van der Waals surface area contributed by atoms with Gasteiger partial charge in [0.05, 0.1) is 5.70 Å². The molecule has 0 radical (unpaired) electrons. The molecule has 0 fully saturated rings. The Balaban J connectivity index is 4.43. The average Bonchev–Trinajstić information content (AvgIpc) is 2.42. The third-order valence-electron chi connectivity index (χ3n) is 2.47. The van der Waals surface area contributed by atoms with Gasteiger partial charge in [0.1, 0.15) is 0 Å². The van der Waals surface area contributed by atoms with Crippen molar-refractivity contribution in [2.75, 3.05) is 13.6 Å². The van der Waals surface area contributed by atoms with Crippen LogP contribution in [0.25, 0.3) is 0 Å². The Kier molecular flexibility index (Phi) is 8.43. The minimum absolute atomic E-state index is 0.239. The highest BCUT2D eigenvalue weighted by atomic mass is 16.2. The van der Waals surface area contributed by atoms with E-state index in [9.17, 15) is 4.79 Å². The van der Waals surface area contributed by atoms with E-state index in [-0.39, 0.29) is 5.91 Å². The van der Waals surface area contributed by atoms with Gasteiger partial charge in [0.15, 0.2) is 0 Å². The summed E-state index contributed by atoms with van der Waals surface area (Å²) in [5.74, 6) is -0.239. The number of carbonyl (C=O) groups is 1. The molecule has 0 heterocycles. The fraction of sp³-hybridized carbons (Fsp3) is 0.250. The summed E-state index contributed by atoms with van der Waals surface area (Å²) in [6.45, 7) is 11.7. The maximum Gasteiger partial charge on any atom is 0.267 e. The van der Waals surface area contributed by atoms with Gasteiger partial charge in [0, 0.05) is 26.0 Å². The van der Waals surface area contributed by atoms with Gasteiger partial charge in [0.25, 0.3) is 5.91 Å². The van der Waals surface area contributed by atoms with Crippen molar-refractivity contribution in [3.8, 4) is 0 Å². The predicted molar refractivity (Wildman–Crippen MR) is 85.5 cm³/mol. The number of hydrogen-bond donors (Lipinski definition) is 2. The fourth-order valence-electron chi connectivity index (χ4n) is 1.26. The smallest absolute Gasteiger partial charge is 0.267 e. The normalized spacial score (nSPS) is 11.7. The summed E-state index contributed by atoms with van der Waals surface area (Å²) in [5.41, 5.74) is 2.09. The van der Waals surface area contributed by atoms with Crippen molar-refractivity contribution < 1.29 is 4.79 Å². The SMILES string of the molecule is C=C(C=CC)CNC(=O)C(=C)N(C)/C=C\C(C)=C/C=N. The molecular weight excluding hydrogens is 250 g/mol. The predicted octanol–water partition coefficient (Wildman–Crippen LogP) is 2.79. The number of hydrogen-bond acceptors (Lipinski definition) is 3. The first-order valence-corrected chi connectivity index (χ1v) is 6.28. The van der Waals surface area contributed by atoms with E-state index in [0.29, 0.717) is 12.2 Å². The molecular formula is C16H23N3O. The molecule has 0 saturated heterocycles. The lowest BCUT2D eigenvalue weighted by Gasteiger charge is -2.16. The monoisotopic (exact) mass is 273 g/mol. The average molecular weight is 273 g/mol. The van der Waals surface area contributed by atoms with Crippen LogP contribution in [0.15, 0.2) is 60.5 Å². The molecule has 4 heteroatoms. The number of allylic oxidation sites excluding steroid dienone is 4. The van der Waals surface area contributed by atoms with Gasteiger partial charge in [-0.1, -0.05) is 25.3 Å². The summed E-state index contributed by atoms with van der Waals surface area (Å²) in [7, 11) is 1.75. The Bertz CT molecular complexity index is 470. The van der Waals surface area contributed by atoms with E-state index in [2.05, 4.69) is 18.5 Å². The summed E-state index contributed by atoms with van der Waals surface area (Å²) in [5, 5.41) is 9.70. The number of amides is 1. The van der Waals surface area contributed by atoms with E-state index >= 15 is 0 Å². The van der Waals surface area contributed by atoms with Crippen LogP contribution in [-0.2, 0) is 4.79 Å². The lowest BCUT2D eigenvalue weighted by molar-refractivity contribution is -0.118. The van der Waals surface area contributed by atoms with Gasteiger partial charge < -0.3 is 15.6 Å². The number of carbonyl (C=O) groups excluding carboxylic acids is 1. The van der Waals surface area contributed by atoms with E-state index in [0.717, 1.165) is 11.1 Å². The highest BCUT2D eigenvalue weighted by Gasteiger charge is 2.09. The first kappa shape index (κ1) is 17.6. The van der Waals surface area contributed by atoms with Crippen molar-refractivity contribution in [3.05, 3.63) is 60.5 Å². The first-order chi connectivity index (χ1) is 9.42. The minimum Gasteiger partial charge on any atom is -0.347 e. The van der Waals surface area contributed by atoms with E-state index in [4.69, 9.17) is 5.41 Å². The standard InChI is InChI=1S/C16H23N3O/c1-6-7-14(3)12-18-16(20)15(4)19(5)11-9-13(2)8-10-17/h6-11,17H,3-4,12H2,1-2,5H3,(H,18,20)/b7-6?,11-9-,13-8-,17-10?. The highest BCUT2D eigenvalue weighted by molar-refractivity contribution is 5.92. The van der Waals surface area contributed by atoms with Gasteiger partial charge >= 0.3 is 0 Å². The second kappa shape index (κ2) is 9.55.